The van der Waals surface area contributed by atoms with E-state index in [9.17, 15) is 4.79 Å². The molecule has 0 spiro atoms. The number of nitrogens with two attached hydrogens (primary N) is 2. The van der Waals surface area contributed by atoms with E-state index in [1.165, 1.54) is 25.7 Å². The van der Waals surface area contributed by atoms with E-state index >= 15 is 0 Å². The van der Waals surface area contributed by atoms with Gasteiger partial charge >= 0.3 is 0 Å². The van der Waals surface area contributed by atoms with E-state index in [1.807, 2.05) is 0 Å². The van der Waals surface area contributed by atoms with Gasteiger partial charge < -0.3 is 16.8 Å². The number of primary amides is 1. The third-order valence-corrected chi connectivity index (χ3v) is 4.38. The van der Waals surface area contributed by atoms with Crippen molar-refractivity contribution in [1.82, 2.24) is 0 Å². The minimum Gasteiger partial charge on any atom is -0.399 e. The van der Waals surface area contributed by atoms with Crippen LogP contribution in [0.5, 0.6) is 0 Å². The quantitative estimate of drug-likeness (QED) is 0.746. The summed E-state index contributed by atoms with van der Waals surface area (Å²) < 4.78 is 0. The van der Waals surface area contributed by atoms with Gasteiger partial charge in [0.05, 0.1) is 16.3 Å². The second kappa shape index (κ2) is 6.35. The predicted molar refractivity (Wildman–Crippen MR) is 84.0 cm³/mol. The first-order valence-corrected chi connectivity index (χ1v) is 7.48. The van der Waals surface area contributed by atoms with Crippen molar-refractivity contribution in [2.24, 2.45) is 17.6 Å². The Balaban J connectivity index is 2.07. The van der Waals surface area contributed by atoms with Crippen LogP contribution < -0.4 is 16.8 Å². The average Bonchev–Trinajstić information content (AvgIpc) is 2.38. The number of hydrogen-bond donors (Lipinski definition) is 3. The van der Waals surface area contributed by atoms with E-state index in [4.69, 9.17) is 23.1 Å². The van der Waals surface area contributed by atoms with Crippen LogP contribution in [0.4, 0.5) is 11.4 Å². The van der Waals surface area contributed by atoms with Gasteiger partial charge in [0.15, 0.2) is 0 Å². The molecule has 4 nitrogen and oxygen atoms in total. The molecule has 1 amide bonds. The van der Waals surface area contributed by atoms with Gasteiger partial charge in [0, 0.05) is 12.2 Å². The second-order valence-electron chi connectivity index (χ2n) is 5.80. The third-order valence-electron chi connectivity index (χ3n) is 4.08. The van der Waals surface area contributed by atoms with Crippen LogP contribution in [0.15, 0.2) is 12.1 Å². The molecule has 110 valence electrons. The Bertz CT molecular complexity index is 496. The molecule has 1 fully saturated rings. The highest BCUT2D eigenvalue weighted by Crippen LogP contribution is 2.32. The number of amides is 1. The van der Waals surface area contributed by atoms with Gasteiger partial charge in [-0.3, -0.25) is 4.79 Å². The Kier molecular flexibility index (Phi) is 4.76. The van der Waals surface area contributed by atoms with Crippen LogP contribution in [0.2, 0.25) is 5.02 Å². The maximum absolute atomic E-state index is 11.5. The molecule has 1 aromatic rings. The highest BCUT2D eigenvalue weighted by Gasteiger charge is 2.19. The minimum atomic E-state index is -0.515. The highest BCUT2D eigenvalue weighted by molar-refractivity contribution is 6.34. The topological polar surface area (TPSA) is 81.1 Å². The fourth-order valence-electron chi connectivity index (χ4n) is 2.78. The number of nitrogens with one attached hydrogen (secondary N) is 1. The van der Waals surface area contributed by atoms with E-state index in [0.717, 1.165) is 12.5 Å². The van der Waals surface area contributed by atoms with Crippen LogP contribution in [0.3, 0.4) is 0 Å². The molecule has 0 bridgehead atoms. The average molecular weight is 296 g/mol. The number of rotatable bonds is 4. The first-order chi connectivity index (χ1) is 9.47. The van der Waals surface area contributed by atoms with E-state index in [1.54, 1.807) is 12.1 Å². The van der Waals surface area contributed by atoms with Crippen LogP contribution in [-0.2, 0) is 0 Å². The molecule has 1 aliphatic carbocycles. The number of carbonyl (C=O) groups is 1. The van der Waals surface area contributed by atoms with Crippen molar-refractivity contribution in [3.8, 4) is 0 Å². The molecule has 0 aliphatic heterocycles. The lowest BCUT2D eigenvalue weighted by atomic mass is 9.83. The Morgan fingerprint density at radius 3 is 2.60 bits per heavy atom. The summed E-state index contributed by atoms with van der Waals surface area (Å²) in [5, 5.41) is 3.73. The van der Waals surface area contributed by atoms with Crippen molar-refractivity contribution in [2.45, 2.75) is 32.6 Å². The summed E-state index contributed by atoms with van der Waals surface area (Å²) in [6.45, 7) is 3.11. The van der Waals surface area contributed by atoms with Gasteiger partial charge in [0.25, 0.3) is 5.91 Å². The molecule has 1 saturated carbocycles. The first kappa shape index (κ1) is 15.0. The van der Waals surface area contributed by atoms with Crippen molar-refractivity contribution in [1.29, 1.82) is 0 Å². The maximum atomic E-state index is 11.5. The molecule has 0 radical (unpaired) electrons. The molecule has 0 aromatic heterocycles. The number of halogens is 1. The Hall–Kier alpha value is -1.42. The normalized spacial score (nSPS) is 22.5. The van der Waals surface area contributed by atoms with Crippen LogP contribution >= 0.6 is 11.6 Å². The Labute approximate surface area is 124 Å². The van der Waals surface area contributed by atoms with Crippen LogP contribution in [0, 0.1) is 11.8 Å². The van der Waals surface area contributed by atoms with Crippen LogP contribution in [0.25, 0.3) is 0 Å². The Morgan fingerprint density at radius 2 is 2.00 bits per heavy atom. The molecule has 0 heterocycles. The SMILES string of the molecule is CC1CCC(CNc2c(Cl)cc(N)cc2C(N)=O)CC1. The summed E-state index contributed by atoms with van der Waals surface area (Å²) in [4.78, 5) is 11.5. The molecule has 20 heavy (non-hydrogen) atoms. The second-order valence-corrected chi connectivity index (χ2v) is 6.20. The highest BCUT2D eigenvalue weighted by atomic mass is 35.5. The number of nitrogen functional groups attached to an aromatic ring is 1. The van der Waals surface area contributed by atoms with E-state index in [2.05, 4.69) is 12.2 Å². The molecule has 2 rings (SSSR count). The molecule has 0 saturated heterocycles. The number of carbonyl (C=O) groups excluding carboxylic acids is 1. The summed E-state index contributed by atoms with van der Waals surface area (Å²) >= 11 is 6.17. The zero-order chi connectivity index (χ0) is 14.7. The van der Waals surface area contributed by atoms with Gasteiger partial charge in [-0.05, 0) is 36.8 Å². The number of anilines is 2. The monoisotopic (exact) mass is 295 g/mol. The number of hydrogen-bond acceptors (Lipinski definition) is 3. The zero-order valence-electron chi connectivity index (χ0n) is 11.8. The van der Waals surface area contributed by atoms with Crippen LogP contribution in [-0.4, -0.2) is 12.5 Å². The summed E-state index contributed by atoms with van der Waals surface area (Å²) in [6.07, 6.45) is 4.97. The zero-order valence-corrected chi connectivity index (χ0v) is 12.5. The summed E-state index contributed by atoms with van der Waals surface area (Å²) in [5.74, 6) is 0.937. The molecule has 5 heteroatoms. The lowest BCUT2D eigenvalue weighted by Gasteiger charge is -2.27. The van der Waals surface area contributed by atoms with Crippen molar-refractivity contribution >= 4 is 28.9 Å². The summed E-state index contributed by atoms with van der Waals surface area (Å²) in [7, 11) is 0. The van der Waals surface area contributed by atoms with Crippen molar-refractivity contribution in [3.05, 3.63) is 22.7 Å². The van der Waals surface area contributed by atoms with E-state index < -0.39 is 5.91 Å². The van der Waals surface area contributed by atoms with Crippen LogP contribution in [0.1, 0.15) is 43.0 Å². The minimum absolute atomic E-state index is 0.360. The lowest BCUT2D eigenvalue weighted by Crippen LogP contribution is -2.22. The fraction of sp³-hybridized carbons (Fsp3) is 0.533. The summed E-state index contributed by atoms with van der Waals surface area (Å²) in [5.41, 5.74) is 12.5. The molecular weight excluding hydrogens is 274 g/mol. The molecule has 0 atom stereocenters. The van der Waals surface area contributed by atoms with E-state index in [-0.39, 0.29) is 0 Å². The largest absolute Gasteiger partial charge is 0.399 e. The molecule has 1 aromatic carbocycles. The standard InChI is InChI=1S/C15H22ClN3O/c1-9-2-4-10(5-3-9)8-19-14-12(15(18)20)6-11(17)7-13(14)16/h6-7,9-10,19H,2-5,8,17H2,1H3,(H2,18,20). The van der Waals surface area contributed by atoms with Gasteiger partial charge in [-0.25, -0.2) is 0 Å². The van der Waals surface area contributed by atoms with Crippen molar-refractivity contribution < 1.29 is 4.79 Å². The fourth-order valence-corrected chi connectivity index (χ4v) is 3.08. The maximum Gasteiger partial charge on any atom is 0.250 e. The molecular formula is C15H22ClN3O. The molecule has 0 unspecified atom stereocenters. The predicted octanol–water partition coefficient (Wildman–Crippen LogP) is 3.26. The lowest BCUT2D eigenvalue weighted by molar-refractivity contribution is 0.100. The molecule has 1 aliphatic rings. The van der Waals surface area contributed by atoms with Gasteiger partial charge in [-0.2, -0.15) is 0 Å². The summed E-state index contributed by atoms with van der Waals surface area (Å²) in [6, 6.07) is 3.21. The van der Waals surface area contributed by atoms with Gasteiger partial charge in [0.1, 0.15) is 0 Å². The first-order valence-electron chi connectivity index (χ1n) is 7.10. The van der Waals surface area contributed by atoms with Gasteiger partial charge in [-0.15, -0.1) is 0 Å². The van der Waals surface area contributed by atoms with Gasteiger partial charge in [0.2, 0.25) is 0 Å². The Morgan fingerprint density at radius 1 is 1.35 bits per heavy atom. The van der Waals surface area contributed by atoms with E-state index in [0.29, 0.717) is 27.9 Å². The smallest absolute Gasteiger partial charge is 0.250 e. The van der Waals surface area contributed by atoms with Crippen molar-refractivity contribution in [3.63, 3.8) is 0 Å². The van der Waals surface area contributed by atoms with Crippen molar-refractivity contribution in [2.75, 3.05) is 17.6 Å². The molecule has 5 N–H and O–H groups in total. The number of benzene rings is 1. The third kappa shape index (κ3) is 3.57. The van der Waals surface area contributed by atoms with Gasteiger partial charge in [-0.1, -0.05) is 31.4 Å².